The summed E-state index contributed by atoms with van der Waals surface area (Å²) >= 11 is 12.1. The molecule has 186 valence electrons. The summed E-state index contributed by atoms with van der Waals surface area (Å²) in [4.78, 5) is 51.0. The Bertz CT molecular complexity index is 1290. The van der Waals surface area contributed by atoms with Gasteiger partial charge in [-0.3, -0.25) is 4.79 Å². The molecule has 3 aromatic carbocycles. The molecule has 0 aromatic heterocycles. The van der Waals surface area contributed by atoms with E-state index in [1.54, 1.807) is 36.4 Å². The number of esters is 2. The number of nitrogens with one attached hydrogen (secondary N) is 1. The fraction of sp³-hybridized carbons (Fsp3) is 0.154. The van der Waals surface area contributed by atoms with Gasteiger partial charge in [0.1, 0.15) is 0 Å². The van der Waals surface area contributed by atoms with Gasteiger partial charge in [-0.05, 0) is 42.3 Å². The summed E-state index contributed by atoms with van der Waals surface area (Å²) in [6, 6.07) is 18.5. The Kier molecular flexibility index (Phi) is 9.05. The van der Waals surface area contributed by atoms with Crippen LogP contribution in [0.3, 0.4) is 0 Å². The van der Waals surface area contributed by atoms with Crippen molar-refractivity contribution in [3.8, 4) is 0 Å². The van der Waals surface area contributed by atoms with Crippen molar-refractivity contribution in [1.29, 1.82) is 0 Å². The summed E-state index contributed by atoms with van der Waals surface area (Å²) in [5.41, 5.74) is 0.901. The molecule has 0 aliphatic rings. The van der Waals surface area contributed by atoms with Crippen molar-refractivity contribution >= 4 is 52.7 Å². The number of halogens is 2. The molecule has 2 N–H and O–H groups in total. The predicted molar refractivity (Wildman–Crippen MR) is 133 cm³/mol. The number of carbonyl (C=O) groups excluding carboxylic acids is 3. The van der Waals surface area contributed by atoms with Crippen molar-refractivity contribution in [2.45, 2.75) is 25.6 Å². The van der Waals surface area contributed by atoms with Crippen LogP contribution in [0.5, 0.6) is 0 Å². The summed E-state index contributed by atoms with van der Waals surface area (Å²) < 4.78 is 10.4. The molecular weight excluding hydrogens is 509 g/mol. The first kappa shape index (κ1) is 26.7. The van der Waals surface area contributed by atoms with Crippen LogP contribution >= 0.6 is 23.2 Å². The Balaban J connectivity index is 1.97. The molecule has 0 spiro atoms. The van der Waals surface area contributed by atoms with Crippen molar-refractivity contribution in [3.05, 3.63) is 99.5 Å². The lowest BCUT2D eigenvalue weighted by Crippen LogP contribution is -2.48. The maximum Gasteiger partial charge on any atom is 0.349 e. The molecule has 10 heteroatoms. The van der Waals surface area contributed by atoms with Gasteiger partial charge in [0.15, 0.2) is 0 Å². The number of hydrogen-bond donors (Lipinski definition) is 2. The van der Waals surface area contributed by atoms with E-state index in [0.717, 1.165) is 5.56 Å². The number of amides is 1. The molecule has 0 unspecified atom stereocenters. The van der Waals surface area contributed by atoms with Crippen LogP contribution in [0.4, 0.5) is 5.69 Å². The molecule has 3 rings (SSSR count). The molecule has 3 aromatic rings. The van der Waals surface area contributed by atoms with Crippen molar-refractivity contribution in [2.24, 2.45) is 0 Å². The zero-order chi connectivity index (χ0) is 26.2. The molecule has 0 fully saturated rings. The molecule has 0 radical (unpaired) electrons. The fourth-order valence-corrected chi connectivity index (χ4v) is 3.69. The van der Waals surface area contributed by atoms with Gasteiger partial charge >= 0.3 is 17.9 Å². The number of carboxylic acids is 1. The highest BCUT2D eigenvalue weighted by Gasteiger charge is 2.41. The van der Waals surface area contributed by atoms with E-state index in [9.17, 15) is 24.3 Å². The number of aryl methyl sites for hydroxylation is 1. The predicted octanol–water partition coefficient (Wildman–Crippen LogP) is 5.03. The molecule has 8 nitrogen and oxygen atoms in total. The van der Waals surface area contributed by atoms with Crippen LogP contribution in [0.2, 0.25) is 10.0 Å². The van der Waals surface area contributed by atoms with Crippen LogP contribution in [0.15, 0.2) is 72.8 Å². The van der Waals surface area contributed by atoms with E-state index in [4.69, 9.17) is 32.7 Å². The highest BCUT2D eigenvalue weighted by atomic mass is 35.5. The molecule has 36 heavy (non-hydrogen) atoms. The molecule has 0 bridgehead atoms. The minimum atomic E-state index is -2.20. The summed E-state index contributed by atoms with van der Waals surface area (Å²) in [7, 11) is 0. The molecule has 0 heterocycles. The third kappa shape index (κ3) is 6.41. The Morgan fingerprint density at radius 2 is 1.25 bits per heavy atom. The lowest BCUT2D eigenvalue weighted by Gasteiger charge is -2.24. The van der Waals surface area contributed by atoms with E-state index in [1.807, 2.05) is 6.92 Å². The molecule has 1 amide bonds. The van der Waals surface area contributed by atoms with Crippen molar-refractivity contribution < 1.29 is 33.8 Å². The van der Waals surface area contributed by atoms with Crippen LogP contribution in [0, 0.1) is 0 Å². The van der Waals surface area contributed by atoms with Crippen molar-refractivity contribution in [1.82, 2.24) is 0 Å². The van der Waals surface area contributed by atoms with Gasteiger partial charge in [0.05, 0.1) is 21.2 Å². The second kappa shape index (κ2) is 12.2. The quantitative estimate of drug-likeness (QED) is 0.373. The maximum atomic E-state index is 13.3. The number of ether oxygens (including phenoxy) is 2. The van der Waals surface area contributed by atoms with E-state index in [0.29, 0.717) is 12.1 Å². The highest BCUT2D eigenvalue weighted by molar-refractivity contribution is 6.34. The van der Waals surface area contributed by atoms with Gasteiger partial charge in [0.2, 0.25) is 12.2 Å². The van der Waals surface area contributed by atoms with Gasteiger partial charge in [0.25, 0.3) is 5.91 Å². The number of carboxylic acid groups (broad SMARTS) is 1. The first-order valence-electron chi connectivity index (χ1n) is 10.8. The standard InChI is InChI=1S/C26H21Cl2NO7/c1-2-15-9-3-8-14-20(15)29-23(30)21(35-25(33)16-10-4-6-12-18(16)27)22(24(31)32)36-26(34)17-11-5-7-13-19(17)28/h3-14,21-22H,2H2,1H3,(H,29,30)(H,31,32)/t21-,22-/m0/s1. The van der Waals surface area contributed by atoms with E-state index >= 15 is 0 Å². The average molecular weight is 530 g/mol. The van der Waals surface area contributed by atoms with Gasteiger partial charge in [-0.25, -0.2) is 14.4 Å². The summed E-state index contributed by atoms with van der Waals surface area (Å²) in [6.45, 7) is 1.87. The first-order chi connectivity index (χ1) is 17.2. The van der Waals surface area contributed by atoms with Crippen LogP contribution < -0.4 is 5.32 Å². The van der Waals surface area contributed by atoms with Crippen LogP contribution in [-0.2, 0) is 25.5 Å². The third-order valence-corrected chi connectivity index (χ3v) is 5.75. The van der Waals surface area contributed by atoms with E-state index < -0.39 is 36.0 Å². The normalized spacial score (nSPS) is 12.2. The van der Waals surface area contributed by atoms with Gasteiger partial charge in [-0.1, -0.05) is 72.6 Å². The highest BCUT2D eigenvalue weighted by Crippen LogP contribution is 2.22. The maximum absolute atomic E-state index is 13.3. The largest absolute Gasteiger partial charge is 0.478 e. The van der Waals surface area contributed by atoms with E-state index in [1.165, 1.54) is 36.4 Å². The Morgan fingerprint density at radius 3 is 1.75 bits per heavy atom. The van der Waals surface area contributed by atoms with Crippen molar-refractivity contribution in [2.75, 3.05) is 5.32 Å². The van der Waals surface area contributed by atoms with Crippen LogP contribution in [0.25, 0.3) is 0 Å². The fourth-order valence-electron chi connectivity index (χ4n) is 3.26. The number of aliphatic carboxylic acids is 1. The average Bonchev–Trinajstić information content (AvgIpc) is 2.86. The SMILES string of the molecule is CCc1ccccc1NC(=O)[C@@H](OC(=O)c1ccccc1Cl)[C@H](OC(=O)c1ccccc1Cl)C(=O)O. The van der Waals surface area contributed by atoms with Crippen LogP contribution in [-0.4, -0.2) is 41.1 Å². The lowest BCUT2D eigenvalue weighted by atomic mass is 10.1. The Labute approximate surface area is 216 Å². The number of para-hydroxylation sites is 1. The molecule has 0 saturated carbocycles. The summed E-state index contributed by atoms with van der Waals surface area (Å²) in [5, 5.41) is 12.5. The van der Waals surface area contributed by atoms with Crippen LogP contribution in [0.1, 0.15) is 33.2 Å². The molecule has 2 atom stereocenters. The molecule has 0 aliphatic carbocycles. The smallest absolute Gasteiger partial charge is 0.349 e. The first-order valence-corrected chi connectivity index (χ1v) is 11.5. The molecule has 0 aliphatic heterocycles. The Hall–Kier alpha value is -3.88. The minimum absolute atomic E-state index is 0.0116. The summed E-state index contributed by atoms with van der Waals surface area (Å²) in [6.07, 6.45) is -3.71. The van der Waals surface area contributed by atoms with Gasteiger partial charge < -0.3 is 19.9 Å². The molecular formula is C26H21Cl2NO7. The number of carbonyl (C=O) groups is 4. The summed E-state index contributed by atoms with van der Waals surface area (Å²) in [5.74, 6) is -4.93. The number of benzene rings is 3. The second-order valence-electron chi connectivity index (χ2n) is 7.45. The molecule has 0 saturated heterocycles. The monoisotopic (exact) mass is 529 g/mol. The second-order valence-corrected chi connectivity index (χ2v) is 8.26. The van der Waals surface area contributed by atoms with Gasteiger partial charge in [0, 0.05) is 5.69 Å². The number of anilines is 1. The van der Waals surface area contributed by atoms with E-state index in [-0.39, 0.29) is 21.2 Å². The van der Waals surface area contributed by atoms with E-state index in [2.05, 4.69) is 5.32 Å². The minimum Gasteiger partial charge on any atom is -0.478 e. The topological polar surface area (TPSA) is 119 Å². The van der Waals surface area contributed by atoms with Crippen molar-refractivity contribution in [3.63, 3.8) is 0 Å². The number of rotatable bonds is 9. The zero-order valence-corrected chi connectivity index (χ0v) is 20.5. The Morgan fingerprint density at radius 1 is 0.778 bits per heavy atom. The zero-order valence-electron chi connectivity index (χ0n) is 18.9. The van der Waals surface area contributed by atoms with Gasteiger partial charge in [-0.2, -0.15) is 0 Å². The number of hydrogen-bond acceptors (Lipinski definition) is 6. The lowest BCUT2D eigenvalue weighted by molar-refractivity contribution is -0.157. The third-order valence-electron chi connectivity index (χ3n) is 5.09. The van der Waals surface area contributed by atoms with Gasteiger partial charge in [-0.15, -0.1) is 0 Å².